The van der Waals surface area contributed by atoms with E-state index in [-0.39, 0.29) is 17.7 Å². The standard InChI is InChI=1S/C13H17NO2/c1-9(2)12(15)13(16)14-10(3)11-7-5-4-6-8-11/h4-10H,1-3H3,(H,14,16)/t10-/m1/s1. The molecule has 3 heteroatoms. The van der Waals surface area contributed by atoms with E-state index < -0.39 is 5.91 Å². The second kappa shape index (κ2) is 5.45. The molecule has 0 spiro atoms. The maximum Gasteiger partial charge on any atom is 0.288 e. The summed E-state index contributed by atoms with van der Waals surface area (Å²) in [5.74, 6) is -1.14. The van der Waals surface area contributed by atoms with Gasteiger partial charge in [-0.15, -0.1) is 0 Å². The normalized spacial score (nSPS) is 12.2. The van der Waals surface area contributed by atoms with Crippen LogP contribution in [0.25, 0.3) is 0 Å². The quantitative estimate of drug-likeness (QED) is 0.788. The second-order valence-corrected chi connectivity index (χ2v) is 4.12. The van der Waals surface area contributed by atoms with Crippen LogP contribution in [0.3, 0.4) is 0 Å². The number of carbonyl (C=O) groups excluding carboxylic acids is 2. The van der Waals surface area contributed by atoms with E-state index in [0.717, 1.165) is 5.56 Å². The van der Waals surface area contributed by atoms with Gasteiger partial charge in [-0.3, -0.25) is 9.59 Å². The van der Waals surface area contributed by atoms with Gasteiger partial charge in [0, 0.05) is 5.92 Å². The predicted octanol–water partition coefficient (Wildman–Crippen LogP) is 2.09. The summed E-state index contributed by atoms with van der Waals surface area (Å²) in [5.41, 5.74) is 0.993. The third kappa shape index (κ3) is 3.19. The summed E-state index contributed by atoms with van der Waals surface area (Å²) in [6.07, 6.45) is 0. The van der Waals surface area contributed by atoms with Crippen molar-refractivity contribution in [2.24, 2.45) is 5.92 Å². The van der Waals surface area contributed by atoms with Gasteiger partial charge in [-0.2, -0.15) is 0 Å². The highest BCUT2D eigenvalue weighted by molar-refractivity contribution is 6.36. The van der Waals surface area contributed by atoms with Crippen LogP contribution in [0.2, 0.25) is 0 Å². The highest BCUT2D eigenvalue weighted by Gasteiger charge is 2.19. The van der Waals surface area contributed by atoms with Crippen LogP contribution >= 0.6 is 0 Å². The highest BCUT2D eigenvalue weighted by atomic mass is 16.2. The zero-order valence-corrected chi connectivity index (χ0v) is 9.86. The van der Waals surface area contributed by atoms with E-state index in [9.17, 15) is 9.59 Å². The van der Waals surface area contributed by atoms with E-state index in [1.807, 2.05) is 37.3 Å². The van der Waals surface area contributed by atoms with Crippen molar-refractivity contribution in [2.45, 2.75) is 26.8 Å². The Kier molecular flexibility index (Phi) is 4.23. The van der Waals surface area contributed by atoms with Gasteiger partial charge in [0.25, 0.3) is 5.91 Å². The molecule has 1 aromatic rings. The molecule has 0 aromatic heterocycles. The average Bonchev–Trinajstić information content (AvgIpc) is 2.28. The van der Waals surface area contributed by atoms with E-state index in [0.29, 0.717) is 0 Å². The van der Waals surface area contributed by atoms with Gasteiger partial charge in [0.05, 0.1) is 6.04 Å². The largest absolute Gasteiger partial charge is 0.343 e. The Morgan fingerprint density at radius 3 is 2.12 bits per heavy atom. The Balaban J connectivity index is 2.62. The number of benzene rings is 1. The van der Waals surface area contributed by atoms with Crippen LogP contribution in [-0.4, -0.2) is 11.7 Å². The van der Waals surface area contributed by atoms with E-state index in [4.69, 9.17) is 0 Å². The van der Waals surface area contributed by atoms with Gasteiger partial charge < -0.3 is 5.32 Å². The lowest BCUT2D eigenvalue weighted by molar-refractivity contribution is -0.140. The summed E-state index contributed by atoms with van der Waals surface area (Å²) in [7, 11) is 0. The van der Waals surface area contributed by atoms with E-state index in [1.54, 1.807) is 13.8 Å². The van der Waals surface area contributed by atoms with Gasteiger partial charge in [-0.25, -0.2) is 0 Å². The molecule has 1 amide bonds. The topological polar surface area (TPSA) is 46.2 Å². The molecule has 0 bridgehead atoms. The van der Waals surface area contributed by atoms with E-state index in [2.05, 4.69) is 5.32 Å². The fourth-order valence-electron chi connectivity index (χ4n) is 1.36. The van der Waals surface area contributed by atoms with Crippen LogP contribution in [0.15, 0.2) is 30.3 Å². The monoisotopic (exact) mass is 219 g/mol. The first-order valence-corrected chi connectivity index (χ1v) is 5.42. The maximum absolute atomic E-state index is 11.5. The summed E-state index contributed by atoms with van der Waals surface area (Å²) in [6.45, 7) is 5.30. The minimum Gasteiger partial charge on any atom is -0.343 e. The predicted molar refractivity (Wildman–Crippen MR) is 62.8 cm³/mol. The van der Waals surface area contributed by atoms with Crippen LogP contribution in [0.5, 0.6) is 0 Å². The molecule has 0 fully saturated rings. The van der Waals surface area contributed by atoms with Crippen molar-refractivity contribution in [3.63, 3.8) is 0 Å². The van der Waals surface area contributed by atoms with Crippen LogP contribution in [-0.2, 0) is 9.59 Å². The highest BCUT2D eigenvalue weighted by Crippen LogP contribution is 2.11. The van der Waals surface area contributed by atoms with Crippen LogP contribution < -0.4 is 5.32 Å². The summed E-state index contributed by atoms with van der Waals surface area (Å²) in [4.78, 5) is 22.9. The Morgan fingerprint density at radius 1 is 1.06 bits per heavy atom. The Bertz CT molecular complexity index is 371. The lowest BCUT2D eigenvalue weighted by Gasteiger charge is -2.14. The van der Waals surface area contributed by atoms with Crippen molar-refractivity contribution in [1.82, 2.24) is 5.32 Å². The number of carbonyl (C=O) groups is 2. The average molecular weight is 219 g/mol. The molecule has 0 aliphatic heterocycles. The molecule has 16 heavy (non-hydrogen) atoms. The molecule has 86 valence electrons. The van der Waals surface area contributed by atoms with Crippen LogP contribution in [0, 0.1) is 5.92 Å². The van der Waals surface area contributed by atoms with Crippen molar-refractivity contribution in [2.75, 3.05) is 0 Å². The summed E-state index contributed by atoms with van der Waals surface area (Å²) >= 11 is 0. The molecule has 0 heterocycles. The van der Waals surface area contributed by atoms with Crippen LogP contribution in [0.4, 0.5) is 0 Å². The summed E-state index contributed by atoms with van der Waals surface area (Å²) in [6, 6.07) is 9.42. The Labute approximate surface area is 95.9 Å². The zero-order valence-electron chi connectivity index (χ0n) is 9.86. The second-order valence-electron chi connectivity index (χ2n) is 4.12. The first-order valence-electron chi connectivity index (χ1n) is 5.42. The molecule has 0 radical (unpaired) electrons. The van der Waals surface area contributed by atoms with Gasteiger partial charge in [0.1, 0.15) is 0 Å². The summed E-state index contributed by atoms with van der Waals surface area (Å²) < 4.78 is 0. The molecule has 0 saturated carbocycles. The number of hydrogen-bond donors (Lipinski definition) is 1. The third-order valence-electron chi connectivity index (χ3n) is 2.40. The Hall–Kier alpha value is -1.64. The van der Waals surface area contributed by atoms with Gasteiger partial charge in [-0.1, -0.05) is 44.2 Å². The fourth-order valence-corrected chi connectivity index (χ4v) is 1.36. The first kappa shape index (κ1) is 12.4. The van der Waals surface area contributed by atoms with E-state index >= 15 is 0 Å². The minimum atomic E-state index is -0.508. The molecule has 0 aliphatic carbocycles. The van der Waals surface area contributed by atoms with Gasteiger partial charge in [-0.05, 0) is 12.5 Å². The number of amides is 1. The SMILES string of the molecule is CC(C)C(=O)C(=O)N[C@H](C)c1ccccc1. The molecule has 1 N–H and O–H groups in total. The number of rotatable bonds is 4. The van der Waals surface area contributed by atoms with Gasteiger partial charge in [0.2, 0.25) is 5.78 Å². The zero-order chi connectivity index (χ0) is 12.1. The smallest absolute Gasteiger partial charge is 0.288 e. The number of hydrogen-bond acceptors (Lipinski definition) is 2. The third-order valence-corrected chi connectivity index (χ3v) is 2.40. The van der Waals surface area contributed by atoms with Crippen molar-refractivity contribution in [1.29, 1.82) is 0 Å². The minimum absolute atomic E-state index is 0.142. The molecule has 3 nitrogen and oxygen atoms in total. The molecular weight excluding hydrogens is 202 g/mol. The van der Waals surface area contributed by atoms with Gasteiger partial charge >= 0.3 is 0 Å². The fraction of sp³-hybridized carbons (Fsp3) is 0.385. The molecule has 0 aliphatic rings. The molecule has 1 rings (SSSR count). The molecule has 0 unspecified atom stereocenters. The molecule has 1 aromatic carbocycles. The molecule has 0 saturated heterocycles. The van der Waals surface area contributed by atoms with Crippen molar-refractivity contribution < 1.29 is 9.59 Å². The Morgan fingerprint density at radius 2 is 1.62 bits per heavy atom. The van der Waals surface area contributed by atoms with E-state index in [1.165, 1.54) is 0 Å². The lowest BCUT2D eigenvalue weighted by atomic mass is 10.1. The lowest BCUT2D eigenvalue weighted by Crippen LogP contribution is -2.35. The van der Waals surface area contributed by atoms with Crippen molar-refractivity contribution in [3.8, 4) is 0 Å². The molecular formula is C13H17NO2. The van der Waals surface area contributed by atoms with Crippen molar-refractivity contribution in [3.05, 3.63) is 35.9 Å². The number of Topliss-reactive ketones (excluding diaryl/α,β-unsaturated/α-hetero) is 1. The number of nitrogens with one attached hydrogen (secondary N) is 1. The number of ketones is 1. The van der Waals surface area contributed by atoms with Crippen LogP contribution in [0.1, 0.15) is 32.4 Å². The summed E-state index contributed by atoms with van der Waals surface area (Å²) in [5, 5.41) is 2.69. The van der Waals surface area contributed by atoms with Gasteiger partial charge in [0.15, 0.2) is 0 Å². The molecule has 1 atom stereocenters. The first-order chi connectivity index (χ1) is 7.52. The van der Waals surface area contributed by atoms with Crippen molar-refractivity contribution >= 4 is 11.7 Å². The maximum atomic E-state index is 11.5.